The van der Waals surface area contributed by atoms with E-state index in [0.717, 1.165) is 18.4 Å². The molecule has 94 valence electrons. The Balaban J connectivity index is 2.37. The number of benzene rings is 1. The normalized spacial score (nSPS) is 10.1. The Bertz CT molecular complexity index is 380. The average Bonchev–Trinajstić information content (AvgIpc) is 2.28. The zero-order valence-electron chi connectivity index (χ0n) is 10.3. The summed E-state index contributed by atoms with van der Waals surface area (Å²) in [5.41, 5.74) is 1.22. The van der Waals surface area contributed by atoms with Gasteiger partial charge in [-0.25, -0.2) is 4.39 Å². The van der Waals surface area contributed by atoms with Crippen LogP contribution in [0.4, 0.5) is 10.1 Å². The number of aryl methyl sites for hydroxylation is 1. The molecule has 0 unspecified atom stereocenters. The van der Waals surface area contributed by atoms with Crippen LogP contribution in [0.15, 0.2) is 18.2 Å². The predicted molar refractivity (Wildman–Crippen MR) is 67.5 cm³/mol. The van der Waals surface area contributed by atoms with Gasteiger partial charge in [-0.1, -0.05) is 19.4 Å². The molecule has 3 nitrogen and oxygen atoms in total. The molecule has 1 rings (SSSR count). The molecule has 2 N–H and O–H groups in total. The number of anilines is 1. The molecule has 0 spiro atoms. The van der Waals surface area contributed by atoms with Crippen molar-refractivity contribution in [3.05, 3.63) is 29.6 Å². The van der Waals surface area contributed by atoms with E-state index in [9.17, 15) is 9.18 Å². The van der Waals surface area contributed by atoms with Gasteiger partial charge in [0.15, 0.2) is 0 Å². The number of halogens is 1. The van der Waals surface area contributed by atoms with E-state index in [1.165, 1.54) is 6.07 Å². The highest BCUT2D eigenvalue weighted by molar-refractivity contribution is 5.80. The number of rotatable bonds is 6. The molecule has 1 aromatic carbocycles. The number of hydrogen-bond donors (Lipinski definition) is 2. The maximum absolute atomic E-state index is 13.4. The summed E-state index contributed by atoms with van der Waals surface area (Å²) in [6.07, 6.45) is 2.00. The molecular weight excluding hydrogens is 219 g/mol. The van der Waals surface area contributed by atoms with Crippen molar-refractivity contribution in [1.29, 1.82) is 0 Å². The smallest absolute Gasteiger partial charge is 0.239 e. The van der Waals surface area contributed by atoms with Crippen LogP contribution in [0, 0.1) is 12.7 Å². The fraction of sp³-hybridized carbons (Fsp3) is 0.462. The fourth-order valence-electron chi connectivity index (χ4n) is 1.41. The van der Waals surface area contributed by atoms with Gasteiger partial charge in [0.1, 0.15) is 5.82 Å². The van der Waals surface area contributed by atoms with Crippen molar-refractivity contribution in [2.45, 2.75) is 26.7 Å². The van der Waals surface area contributed by atoms with E-state index in [0.29, 0.717) is 12.2 Å². The summed E-state index contributed by atoms with van der Waals surface area (Å²) in [7, 11) is 0. The van der Waals surface area contributed by atoms with Crippen LogP contribution in [0.3, 0.4) is 0 Å². The minimum Gasteiger partial charge on any atom is -0.374 e. The Labute approximate surface area is 101 Å². The molecule has 17 heavy (non-hydrogen) atoms. The van der Waals surface area contributed by atoms with E-state index in [-0.39, 0.29) is 18.3 Å². The fourth-order valence-corrected chi connectivity index (χ4v) is 1.41. The second-order valence-corrected chi connectivity index (χ2v) is 4.04. The molecule has 0 aromatic heterocycles. The minimum absolute atomic E-state index is 0.101. The summed E-state index contributed by atoms with van der Waals surface area (Å²) in [6, 6.07) is 4.89. The maximum atomic E-state index is 13.4. The lowest BCUT2D eigenvalue weighted by Crippen LogP contribution is -2.30. The molecule has 0 saturated heterocycles. The first-order chi connectivity index (χ1) is 8.13. The van der Waals surface area contributed by atoms with Gasteiger partial charge in [-0.15, -0.1) is 0 Å². The van der Waals surface area contributed by atoms with Gasteiger partial charge in [0.25, 0.3) is 0 Å². The molecule has 0 aliphatic heterocycles. The van der Waals surface area contributed by atoms with E-state index >= 15 is 0 Å². The van der Waals surface area contributed by atoms with Crippen LogP contribution in [0.25, 0.3) is 0 Å². The molecule has 0 bridgehead atoms. The second-order valence-electron chi connectivity index (χ2n) is 4.04. The first kappa shape index (κ1) is 13.5. The number of nitrogens with one attached hydrogen (secondary N) is 2. The second kappa shape index (κ2) is 6.89. The molecule has 0 radical (unpaired) electrons. The van der Waals surface area contributed by atoms with Crippen LogP contribution in [0.5, 0.6) is 0 Å². The van der Waals surface area contributed by atoms with Crippen molar-refractivity contribution in [3.63, 3.8) is 0 Å². The molecule has 0 heterocycles. The predicted octanol–water partition coefficient (Wildman–Crippen LogP) is 2.46. The van der Waals surface area contributed by atoms with Crippen molar-refractivity contribution in [1.82, 2.24) is 5.32 Å². The Kier molecular flexibility index (Phi) is 5.46. The molecule has 0 aliphatic rings. The monoisotopic (exact) mass is 238 g/mol. The van der Waals surface area contributed by atoms with Gasteiger partial charge in [0.05, 0.1) is 12.2 Å². The van der Waals surface area contributed by atoms with Gasteiger partial charge in [-0.05, 0) is 31.0 Å². The third-order valence-electron chi connectivity index (χ3n) is 2.42. The third-order valence-corrected chi connectivity index (χ3v) is 2.42. The molecule has 0 fully saturated rings. The minimum atomic E-state index is -0.327. The standard InChI is InChI=1S/C13H19FN2O/c1-3-4-7-15-13(17)9-16-12-6-5-10(2)8-11(12)14/h5-6,8,16H,3-4,7,9H2,1-2H3,(H,15,17). The molecule has 1 amide bonds. The summed E-state index contributed by atoms with van der Waals surface area (Å²) in [6.45, 7) is 4.66. The topological polar surface area (TPSA) is 41.1 Å². The lowest BCUT2D eigenvalue weighted by molar-refractivity contribution is -0.119. The zero-order chi connectivity index (χ0) is 12.7. The zero-order valence-corrected chi connectivity index (χ0v) is 10.3. The van der Waals surface area contributed by atoms with E-state index in [1.807, 2.05) is 6.92 Å². The largest absolute Gasteiger partial charge is 0.374 e. The first-order valence-corrected chi connectivity index (χ1v) is 5.90. The number of carbonyl (C=O) groups excluding carboxylic acids is 1. The average molecular weight is 238 g/mol. The molecule has 0 atom stereocenters. The summed E-state index contributed by atoms with van der Waals surface area (Å²) in [5.74, 6) is -0.440. The quantitative estimate of drug-likeness (QED) is 0.747. The highest BCUT2D eigenvalue weighted by atomic mass is 19.1. The van der Waals surface area contributed by atoms with Crippen LogP contribution >= 0.6 is 0 Å². The number of unbranched alkanes of at least 4 members (excludes halogenated alkanes) is 1. The van der Waals surface area contributed by atoms with E-state index in [1.54, 1.807) is 12.1 Å². The highest BCUT2D eigenvalue weighted by Crippen LogP contribution is 2.14. The van der Waals surface area contributed by atoms with Crippen molar-refractivity contribution >= 4 is 11.6 Å². The number of amides is 1. The number of hydrogen-bond acceptors (Lipinski definition) is 2. The van der Waals surface area contributed by atoms with Crippen molar-refractivity contribution in [2.24, 2.45) is 0 Å². The van der Waals surface area contributed by atoms with Crippen molar-refractivity contribution in [3.8, 4) is 0 Å². The summed E-state index contributed by atoms with van der Waals surface area (Å²) in [5, 5.41) is 5.54. The number of carbonyl (C=O) groups is 1. The summed E-state index contributed by atoms with van der Waals surface area (Å²) < 4.78 is 13.4. The highest BCUT2D eigenvalue weighted by Gasteiger charge is 2.04. The van der Waals surface area contributed by atoms with Crippen molar-refractivity contribution in [2.75, 3.05) is 18.4 Å². The van der Waals surface area contributed by atoms with E-state index < -0.39 is 0 Å². The third kappa shape index (κ3) is 4.85. The van der Waals surface area contributed by atoms with Gasteiger partial charge >= 0.3 is 0 Å². The van der Waals surface area contributed by atoms with Crippen LogP contribution in [-0.4, -0.2) is 19.0 Å². The van der Waals surface area contributed by atoms with Crippen LogP contribution in [0.2, 0.25) is 0 Å². The lowest BCUT2D eigenvalue weighted by Gasteiger charge is -2.08. The van der Waals surface area contributed by atoms with Crippen molar-refractivity contribution < 1.29 is 9.18 Å². The molecule has 1 aromatic rings. The van der Waals surface area contributed by atoms with Crippen LogP contribution < -0.4 is 10.6 Å². The van der Waals surface area contributed by atoms with Gasteiger partial charge in [0, 0.05) is 6.54 Å². The van der Waals surface area contributed by atoms with Gasteiger partial charge in [-0.3, -0.25) is 4.79 Å². The summed E-state index contributed by atoms with van der Waals surface area (Å²) in [4.78, 5) is 11.4. The Morgan fingerprint density at radius 2 is 2.18 bits per heavy atom. The van der Waals surface area contributed by atoms with Gasteiger partial charge in [0.2, 0.25) is 5.91 Å². The van der Waals surface area contributed by atoms with Gasteiger partial charge < -0.3 is 10.6 Å². The molecule has 4 heteroatoms. The first-order valence-electron chi connectivity index (χ1n) is 5.90. The van der Waals surface area contributed by atoms with Gasteiger partial charge in [-0.2, -0.15) is 0 Å². The molecule has 0 aliphatic carbocycles. The van der Waals surface area contributed by atoms with Crippen LogP contribution in [-0.2, 0) is 4.79 Å². The SMILES string of the molecule is CCCCNC(=O)CNc1ccc(C)cc1F. The maximum Gasteiger partial charge on any atom is 0.239 e. The summed E-state index contributed by atoms with van der Waals surface area (Å²) >= 11 is 0. The Hall–Kier alpha value is -1.58. The van der Waals surface area contributed by atoms with E-state index in [2.05, 4.69) is 17.6 Å². The Morgan fingerprint density at radius 3 is 2.82 bits per heavy atom. The lowest BCUT2D eigenvalue weighted by atomic mass is 10.2. The molecule has 0 saturated carbocycles. The Morgan fingerprint density at radius 1 is 1.41 bits per heavy atom. The van der Waals surface area contributed by atoms with Crippen LogP contribution in [0.1, 0.15) is 25.3 Å². The molecular formula is C13H19FN2O. The van der Waals surface area contributed by atoms with E-state index in [4.69, 9.17) is 0 Å².